The van der Waals surface area contributed by atoms with Gasteiger partial charge in [0.05, 0.1) is 6.54 Å². The lowest BCUT2D eigenvalue weighted by Crippen LogP contribution is -2.54. The first kappa shape index (κ1) is 17.4. The number of carbonyl (C=O) groups excluding carboxylic acids is 2. The molecule has 1 aromatic carbocycles. The van der Waals surface area contributed by atoms with Gasteiger partial charge in [0.15, 0.2) is 0 Å². The molecule has 1 fully saturated rings. The number of halogens is 1. The lowest BCUT2D eigenvalue weighted by atomic mass is 10.0. The zero-order chi connectivity index (χ0) is 17.0. The summed E-state index contributed by atoms with van der Waals surface area (Å²) in [5.74, 6) is -0.706. The summed E-state index contributed by atoms with van der Waals surface area (Å²) < 4.78 is 13.2. The minimum absolute atomic E-state index is 0.0384. The Balaban J connectivity index is 1.92. The molecule has 126 valence electrons. The van der Waals surface area contributed by atoms with Gasteiger partial charge in [0.1, 0.15) is 11.9 Å². The predicted molar refractivity (Wildman–Crippen MR) is 83.9 cm³/mol. The van der Waals surface area contributed by atoms with Crippen LogP contribution in [0, 0.1) is 11.7 Å². The highest BCUT2D eigenvalue weighted by Gasteiger charge is 2.30. The maximum atomic E-state index is 13.2. The number of rotatable bonds is 5. The molecule has 1 N–H and O–H groups in total. The predicted octanol–water partition coefficient (Wildman–Crippen LogP) is 1.40. The average Bonchev–Trinajstić information content (AvgIpc) is 2.48. The fraction of sp³-hybridized carbons (Fsp3) is 0.529. The van der Waals surface area contributed by atoms with Gasteiger partial charge in [-0.2, -0.15) is 0 Å². The summed E-state index contributed by atoms with van der Waals surface area (Å²) in [5, 5.41) is 9.90. The third kappa shape index (κ3) is 4.76. The van der Waals surface area contributed by atoms with Crippen LogP contribution in [0.2, 0.25) is 0 Å². The summed E-state index contributed by atoms with van der Waals surface area (Å²) in [7, 11) is 0. The van der Waals surface area contributed by atoms with Gasteiger partial charge in [-0.1, -0.05) is 26.0 Å². The molecule has 23 heavy (non-hydrogen) atoms. The van der Waals surface area contributed by atoms with Gasteiger partial charge in [-0.15, -0.1) is 0 Å². The number of hydrogen-bond acceptors (Lipinski definition) is 3. The highest BCUT2D eigenvalue weighted by atomic mass is 19.1. The Morgan fingerprint density at radius 2 is 2.09 bits per heavy atom. The number of piperazine rings is 1. The minimum Gasteiger partial charge on any atom is -0.383 e. The number of nitrogens with zero attached hydrogens (tertiary/aromatic N) is 2. The molecule has 1 saturated heterocycles. The summed E-state index contributed by atoms with van der Waals surface area (Å²) in [6.45, 7) is 4.91. The van der Waals surface area contributed by atoms with Crippen molar-refractivity contribution >= 4 is 11.8 Å². The molecule has 0 unspecified atom stereocenters. The van der Waals surface area contributed by atoms with Gasteiger partial charge in [-0.05, 0) is 30.0 Å². The van der Waals surface area contributed by atoms with E-state index in [4.69, 9.17) is 0 Å². The number of hydrogen-bond donors (Lipinski definition) is 1. The van der Waals surface area contributed by atoms with Crippen molar-refractivity contribution in [2.45, 2.75) is 32.9 Å². The Bertz CT molecular complexity index is 577. The third-order valence-electron chi connectivity index (χ3n) is 3.87. The molecule has 1 aliphatic heterocycles. The average molecular weight is 322 g/mol. The van der Waals surface area contributed by atoms with Gasteiger partial charge >= 0.3 is 0 Å². The van der Waals surface area contributed by atoms with Crippen molar-refractivity contribution in [2.75, 3.05) is 19.6 Å². The van der Waals surface area contributed by atoms with Crippen LogP contribution < -0.4 is 0 Å². The van der Waals surface area contributed by atoms with E-state index in [1.807, 2.05) is 13.8 Å². The first-order chi connectivity index (χ1) is 10.9. The molecule has 0 spiro atoms. The summed E-state index contributed by atoms with van der Waals surface area (Å²) in [5.41, 5.74) is 0.720. The van der Waals surface area contributed by atoms with Gasteiger partial charge in [-0.25, -0.2) is 4.39 Å². The SMILES string of the molecule is CC(C)C[C@H](O)C(=O)N1CCN(Cc2cccc(F)c2)C(=O)C1. The van der Waals surface area contributed by atoms with Crippen molar-refractivity contribution in [1.29, 1.82) is 0 Å². The number of benzene rings is 1. The smallest absolute Gasteiger partial charge is 0.251 e. The standard InChI is InChI=1S/C17H23FN2O3/c1-12(2)8-15(21)17(23)20-7-6-19(16(22)11-20)10-13-4-3-5-14(18)9-13/h3-5,9,12,15,21H,6-8,10-11H2,1-2H3/t15-/m0/s1. The summed E-state index contributed by atoms with van der Waals surface area (Å²) >= 11 is 0. The Hall–Kier alpha value is -1.95. The molecule has 6 heteroatoms. The van der Waals surface area contributed by atoms with Crippen molar-refractivity contribution < 1.29 is 19.1 Å². The maximum Gasteiger partial charge on any atom is 0.251 e. The summed E-state index contributed by atoms with van der Waals surface area (Å²) in [4.78, 5) is 27.3. The van der Waals surface area contributed by atoms with Gasteiger partial charge in [0, 0.05) is 19.6 Å². The van der Waals surface area contributed by atoms with E-state index < -0.39 is 12.0 Å². The number of aliphatic hydroxyl groups excluding tert-OH is 1. The summed E-state index contributed by atoms with van der Waals surface area (Å²) in [6.07, 6.45) is -0.672. The second-order valence-corrected chi connectivity index (χ2v) is 6.35. The van der Waals surface area contributed by atoms with Crippen molar-refractivity contribution in [3.05, 3.63) is 35.6 Å². The molecule has 0 aromatic heterocycles. The molecule has 0 aliphatic carbocycles. The van der Waals surface area contributed by atoms with Crippen LogP contribution in [-0.4, -0.2) is 52.5 Å². The minimum atomic E-state index is -1.06. The molecular formula is C17H23FN2O3. The van der Waals surface area contributed by atoms with Crippen LogP contribution in [0.15, 0.2) is 24.3 Å². The van der Waals surface area contributed by atoms with Gasteiger partial charge in [0.2, 0.25) is 5.91 Å². The summed E-state index contributed by atoms with van der Waals surface area (Å²) in [6, 6.07) is 6.13. The second-order valence-electron chi connectivity index (χ2n) is 6.35. The normalized spacial score (nSPS) is 16.8. The molecule has 1 aromatic rings. The molecule has 2 rings (SSSR count). The van der Waals surface area contributed by atoms with E-state index in [1.54, 1.807) is 17.0 Å². The van der Waals surface area contributed by atoms with Gasteiger partial charge < -0.3 is 14.9 Å². The first-order valence-electron chi connectivity index (χ1n) is 7.86. The van der Waals surface area contributed by atoms with Crippen LogP contribution in [0.1, 0.15) is 25.8 Å². The van der Waals surface area contributed by atoms with E-state index in [1.165, 1.54) is 17.0 Å². The number of carbonyl (C=O) groups is 2. The Kier molecular flexibility index (Phi) is 5.71. The van der Waals surface area contributed by atoms with E-state index in [0.717, 1.165) is 5.56 Å². The third-order valence-corrected chi connectivity index (χ3v) is 3.87. The molecular weight excluding hydrogens is 299 g/mol. The molecule has 1 aliphatic rings. The van der Waals surface area contributed by atoms with E-state index in [2.05, 4.69) is 0 Å². The molecule has 0 saturated carbocycles. The molecule has 1 atom stereocenters. The van der Waals surface area contributed by atoms with Crippen LogP contribution >= 0.6 is 0 Å². The van der Waals surface area contributed by atoms with Crippen molar-refractivity contribution in [2.24, 2.45) is 5.92 Å². The van der Waals surface area contributed by atoms with E-state index in [-0.39, 0.29) is 24.2 Å². The fourth-order valence-electron chi connectivity index (χ4n) is 2.68. The van der Waals surface area contributed by atoms with E-state index >= 15 is 0 Å². The van der Waals surface area contributed by atoms with Crippen LogP contribution in [0.25, 0.3) is 0 Å². The lowest BCUT2D eigenvalue weighted by molar-refractivity contribution is -0.151. The highest BCUT2D eigenvalue weighted by molar-refractivity contribution is 5.88. The maximum absolute atomic E-state index is 13.2. The van der Waals surface area contributed by atoms with Crippen molar-refractivity contribution in [3.63, 3.8) is 0 Å². The Morgan fingerprint density at radius 3 is 2.70 bits per heavy atom. The number of aliphatic hydroxyl groups is 1. The van der Waals surface area contributed by atoms with Crippen molar-refractivity contribution in [3.8, 4) is 0 Å². The van der Waals surface area contributed by atoms with Gasteiger partial charge in [-0.3, -0.25) is 9.59 Å². The first-order valence-corrected chi connectivity index (χ1v) is 7.86. The van der Waals surface area contributed by atoms with E-state index in [9.17, 15) is 19.1 Å². The quantitative estimate of drug-likeness (QED) is 0.891. The van der Waals surface area contributed by atoms with Crippen molar-refractivity contribution in [1.82, 2.24) is 9.80 Å². The van der Waals surface area contributed by atoms with Crippen LogP contribution in [0.4, 0.5) is 4.39 Å². The molecule has 2 amide bonds. The Labute approximate surface area is 135 Å². The zero-order valence-corrected chi connectivity index (χ0v) is 13.5. The highest BCUT2D eigenvalue weighted by Crippen LogP contribution is 2.13. The topological polar surface area (TPSA) is 60.9 Å². The fourth-order valence-corrected chi connectivity index (χ4v) is 2.68. The monoisotopic (exact) mass is 322 g/mol. The molecule has 0 radical (unpaired) electrons. The van der Waals surface area contributed by atoms with E-state index in [0.29, 0.717) is 26.1 Å². The second kappa shape index (κ2) is 7.55. The van der Waals surface area contributed by atoms with Crippen LogP contribution in [-0.2, 0) is 16.1 Å². The molecule has 1 heterocycles. The largest absolute Gasteiger partial charge is 0.383 e. The Morgan fingerprint density at radius 1 is 1.35 bits per heavy atom. The van der Waals surface area contributed by atoms with Gasteiger partial charge in [0.25, 0.3) is 5.91 Å². The van der Waals surface area contributed by atoms with Crippen LogP contribution in [0.5, 0.6) is 0 Å². The molecule has 5 nitrogen and oxygen atoms in total. The number of amides is 2. The van der Waals surface area contributed by atoms with Crippen LogP contribution in [0.3, 0.4) is 0 Å². The lowest BCUT2D eigenvalue weighted by Gasteiger charge is -2.35. The molecule has 0 bridgehead atoms. The zero-order valence-electron chi connectivity index (χ0n) is 13.5.